The standard InChI is InChI=1S/C50H31BN2O3/c1-28-14-12-21-35-48(28)55-40-26-31(27-41-45(40)51(35)36-22-13-15-29(2)49(36)56-41)53-38-24-10-7-19-33(38)43-46(53)42-32-18-6-9-23-37(32)52(30-16-4-3-5-17-30)47(42)44-34-20-8-11-25-39(34)54-50(43)44/h3-27H,1-2H3. The second-order valence-corrected chi connectivity index (χ2v) is 15.3. The van der Waals surface area contributed by atoms with E-state index >= 15 is 0 Å². The van der Waals surface area contributed by atoms with E-state index in [1.807, 2.05) is 0 Å². The highest BCUT2D eigenvalue weighted by Crippen LogP contribution is 2.50. The summed E-state index contributed by atoms with van der Waals surface area (Å²) >= 11 is 0. The summed E-state index contributed by atoms with van der Waals surface area (Å²) in [5, 5.41) is 6.76. The van der Waals surface area contributed by atoms with Gasteiger partial charge in [-0.3, -0.25) is 0 Å². The first-order valence-electron chi connectivity index (χ1n) is 19.2. The van der Waals surface area contributed by atoms with Gasteiger partial charge < -0.3 is 23.0 Å². The van der Waals surface area contributed by atoms with Crippen LogP contribution in [0.2, 0.25) is 0 Å². The van der Waals surface area contributed by atoms with Gasteiger partial charge in [0.25, 0.3) is 6.71 Å². The zero-order valence-electron chi connectivity index (χ0n) is 30.6. The quantitative estimate of drug-likeness (QED) is 0.167. The third-order valence-electron chi connectivity index (χ3n) is 12.2. The van der Waals surface area contributed by atoms with Gasteiger partial charge in [-0.15, -0.1) is 0 Å². The lowest BCUT2D eigenvalue weighted by Crippen LogP contribution is -2.57. The van der Waals surface area contributed by atoms with Gasteiger partial charge in [0.2, 0.25) is 0 Å². The highest BCUT2D eigenvalue weighted by atomic mass is 16.5. The molecule has 262 valence electrons. The molecule has 0 bridgehead atoms. The molecule has 0 radical (unpaired) electrons. The van der Waals surface area contributed by atoms with E-state index in [2.05, 4.69) is 175 Å². The summed E-state index contributed by atoms with van der Waals surface area (Å²) in [7, 11) is 0. The summed E-state index contributed by atoms with van der Waals surface area (Å²) in [5.41, 5.74) is 13.9. The van der Waals surface area contributed by atoms with E-state index in [4.69, 9.17) is 13.9 Å². The van der Waals surface area contributed by atoms with Gasteiger partial charge in [0.1, 0.15) is 34.2 Å². The van der Waals surface area contributed by atoms with Crippen molar-refractivity contribution in [1.82, 2.24) is 9.13 Å². The maximum absolute atomic E-state index is 7.01. The number of hydrogen-bond donors (Lipinski definition) is 0. The van der Waals surface area contributed by atoms with Crippen LogP contribution in [0, 0.1) is 13.8 Å². The number of para-hydroxylation sites is 6. The fourth-order valence-corrected chi connectivity index (χ4v) is 9.94. The molecule has 0 unspecified atom stereocenters. The molecule has 8 aromatic carbocycles. The Balaban J connectivity index is 1.23. The lowest BCUT2D eigenvalue weighted by molar-refractivity contribution is 0.460. The minimum Gasteiger partial charge on any atom is -0.458 e. The Hall–Kier alpha value is -7.18. The Bertz CT molecular complexity index is 3440. The number of hydrogen-bond acceptors (Lipinski definition) is 3. The molecule has 2 aliphatic rings. The monoisotopic (exact) mass is 718 g/mol. The van der Waals surface area contributed by atoms with Crippen molar-refractivity contribution < 1.29 is 13.9 Å². The number of rotatable bonds is 2. The third kappa shape index (κ3) is 3.75. The molecule has 0 amide bonds. The van der Waals surface area contributed by atoms with Crippen LogP contribution >= 0.6 is 0 Å². The minimum atomic E-state index is -0.00905. The second kappa shape index (κ2) is 10.7. The van der Waals surface area contributed by atoms with Crippen molar-refractivity contribution in [2.75, 3.05) is 0 Å². The molecule has 0 atom stereocenters. The van der Waals surface area contributed by atoms with Crippen LogP contribution in [0.25, 0.3) is 76.9 Å². The van der Waals surface area contributed by atoms with Crippen LogP contribution in [0.5, 0.6) is 23.0 Å². The van der Waals surface area contributed by atoms with Gasteiger partial charge in [-0.05, 0) is 66.2 Å². The van der Waals surface area contributed by atoms with Gasteiger partial charge in [-0.1, -0.05) is 109 Å². The molecule has 13 rings (SSSR count). The Morgan fingerprint density at radius 3 is 1.62 bits per heavy atom. The van der Waals surface area contributed by atoms with Gasteiger partial charge >= 0.3 is 0 Å². The van der Waals surface area contributed by atoms with Crippen molar-refractivity contribution in [2.24, 2.45) is 0 Å². The SMILES string of the molecule is Cc1cccc2c1Oc1cc(-n3c4ccccc4c4c5oc6ccccc6c5c5c(c6ccccc6n5-c5ccccc5)c43)cc3c1B2c1cccc(C)c1O3. The highest BCUT2D eigenvalue weighted by molar-refractivity contribution is 6.98. The van der Waals surface area contributed by atoms with Crippen molar-refractivity contribution >= 4 is 88.7 Å². The Morgan fingerprint density at radius 2 is 0.982 bits per heavy atom. The van der Waals surface area contributed by atoms with Crippen LogP contribution in [0.3, 0.4) is 0 Å². The average Bonchev–Trinajstić information content (AvgIpc) is 3.90. The average molecular weight is 719 g/mol. The Morgan fingerprint density at radius 1 is 0.464 bits per heavy atom. The minimum absolute atomic E-state index is 0.00905. The van der Waals surface area contributed by atoms with Gasteiger partial charge in [-0.2, -0.15) is 0 Å². The fourth-order valence-electron chi connectivity index (χ4n) is 9.94. The smallest absolute Gasteiger partial charge is 0.260 e. The van der Waals surface area contributed by atoms with Crippen LogP contribution in [0.4, 0.5) is 0 Å². The molecule has 0 aliphatic carbocycles. The first-order chi connectivity index (χ1) is 27.6. The Labute approximate surface area is 321 Å². The number of fused-ring (bicyclic) bond motifs is 16. The maximum Gasteiger partial charge on any atom is 0.260 e. The first-order valence-corrected chi connectivity index (χ1v) is 19.2. The largest absolute Gasteiger partial charge is 0.458 e. The number of aromatic nitrogens is 2. The molecule has 0 N–H and O–H groups in total. The van der Waals surface area contributed by atoms with E-state index in [9.17, 15) is 0 Å². The van der Waals surface area contributed by atoms with Crippen molar-refractivity contribution in [2.45, 2.75) is 13.8 Å². The molecule has 0 spiro atoms. The summed E-state index contributed by atoms with van der Waals surface area (Å²) in [6.07, 6.45) is 0. The number of nitrogens with zero attached hydrogens (tertiary/aromatic N) is 2. The van der Waals surface area contributed by atoms with E-state index in [0.29, 0.717) is 0 Å². The zero-order chi connectivity index (χ0) is 36.8. The molecular formula is C50H31BN2O3. The third-order valence-corrected chi connectivity index (χ3v) is 12.2. The van der Waals surface area contributed by atoms with E-state index in [-0.39, 0.29) is 6.71 Å². The van der Waals surface area contributed by atoms with Crippen molar-refractivity contribution in [1.29, 1.82) is 0 Å². The summed E-state index contributed by atoms with van der Waals surface area (Å²) in [5.74, 6) is 3.47. The molecule has 0 saturated carbocycles. The number of benzene rings is 8. The van der Waals surface area contributed by atoms with Crippen LogP contribution in [0.15, 0.2) is 156 Å². The predicted molar refractivity (Wildman–Crippen MR) is 230 cm³/mol. The number of ether oxygens (including phenoxy) is 2. The highest BCUT2D eigenvalue weighted by Gasteiger charge is 2.41. The summed E-state index contributed by atoms with van der Waals surface area (Å²) < 4.78 is 25.8. The molecule has 5 heterocycles. The van der Waals surface area contributed by atoms with Gasteiger partial charge in [-0.25, -0.2) is 0 Å². The predicted octanol–water partition coefficient (Wildman–Crippen LogP) is 11.1. The topological polar surface area (TPSA) is 41.5 Å². The molecule has 0 fully saturated rings. The van der Waals surface area contributed by atoms with Gasteiger partial charge in [0, 0.05) is 44.8 Å². The second-order valence-electron chi connectivity index (χ2n) is 15.3. The van der Waals surface area contributed by atoms with Crippen LogP contribution in [-0.2, 0) is 0 Å². The summed E-state index contributed by atoms with van der Waals surface area (Å²) in [6.45, 7) is 4.26. The van der Waals surface area contributed by atoms with E-state index < -0.39 is 0 Å². The van der Waals surface area contributed by atoms with E-state index in [0.717, 1.165) is 106 Å². The molecule has 11 aromatic rings. The number of furan rings is 1. The van der Waals surface area contributed by atoms with Crippen molar-refractivity contribution in [3.8, 4) is 34.4 Å². The molecule has 0 saturated heterocycles. The molecule has 5 nitrogen and oxygen atoms in total. The van der Waals surface area contributed by atoms with Gasteiger partial charge in [0.05, 0.1) is 38.5 Å². The zero-order valence-corrected chi connectivity index (χ0v) is 30.6. The van der Waals surface area contributed by atoms with Gasteiger partial charge in [0.15, 0.2) is 0 Å². The molecule has 56 heavy (non-hydrogen) atoms. The van der Waals surface area contributed by atoms with E-state index in [1.54, 1.807) is 0 Å². The van der Waals surface area contributed by atoms with Crippen molar-refractivity contribution in [3.05, 3.63) is 163 Å². The molecular weight excluding hydrogens is 687 g/mol. The summed E-state index contributed by atoms with van der Waals surface area (Å²) in [4.78, 5) is 0. The van der Waals surface area contributed by atoms with Crippen molar-refractivity contribution in [3.63, 3.8) is 0 Å². The normalized spacial score (nSPS) is 13.1. The lowest BCUT2D eigenvalue weighted by Gasteiger charge is -2.34. The van der Waals surface area contributed by atoms with E-state index in [1.165, 1.54) is 21.7 Å². The lowest BCUT2D eigenvalue weighted by atomic mass is 9.34. The Kier molecular flexibility index (Phi) is 5.79. The number of aryl methyl sites for hydroxylation is 2. The van der Waals surface area contributed by atoms with Crippen LogP contribution in [0.1, 0.15) is 11.1 Å². The first kappa shape index (κ1) is 30.2. The van der Waals surface area contributed by atoms with Crippen LogP contribution < -0.4 is 25.9 Å². The fraction of sp³-hybridized carbons (Fsp3) is 0.0400. The summed E-state index contributed by atoms with van der Waals surface area (Å²) in [6, 6.07) is 54.0. The molecule has 3 aromatic heterocycles. The maximum atomic E-state index is 7.01. The molecule has 2 aliphatic heterocycles. The van der Waals surface area contributed by atoms with Crippen LogP contribution in [-0.4, -0.2) is 15.8 Å². The molecule has 6 heteroatoms.